The van der Waals surface area contributed by atoms with Gasteiger partial charge in [0.05, 0.1) is 0 Å². The van der Waals surface area contributed by atoms with Crippen LogP contribution in [0.4, 0.5) is 0 Å². The van der Waals surface area contributed by atoms with E-state index in [9.17, 15) is 4.79 Å². The van der Waals surface area contributed by atoms with Crippen LogP contribution < -0.4 is 0 Å². The number of carbonyl (C=O) groups excluding carboxylic acids is 1. The van der Waals surface area contributed by atoms with Crippen LogP contribution in [-0.2, 0) is 4.79 Å². The highest BCUT2D eigenvalue weighted by Crippen LogP contribution is 2.16. The first-order valence-electron chi connectivity index (χ1n) is 3.08. The molecule has 1 N–H and O–H groups in total. The van der Waals surface area contributed by atoms with Crippen molar-refractivity contribution in [3.05, 3.63) is 0 Å². The van der Waals surface area contributed by atoms with Crippen molar-refractivity contribution in [3.8, 4) is 0 Å². The van der Waals surface area contributed by atoms with Gasteiger partial charge in [-0.2, -0.15) is 0 Å². The summed E-state index contributed by atoms with van der Waals surface area (Å²) in [6, 6.07) is 0. The van der Waals surface area contributed by atoms with Gasteiger partial charge in [-0.15, -0.1) is 0 Å². The molecule has 1 atom stereocenters. The lowest BCUT2D eigenvalue weighted by molar-refractivity contribution is -0.133. The van der Waals surface area contributed by atoms with E-state index < -0.39 is 11.5 Å². The molecule has 0 aliphatic carbocycles. The summed E-state index contributed by atoms with van der Waals surface area (Å²) < 4.78 is 0. The van der Waals surface area contributed by atoms with Gasteiger partial charge in [-0.25, -0.2) is 0 Å². The zero-order valence-electron chi connectivity index (χ0n) is 6.43. The average molecular weight is 130 g/mol. The first kappa shape index (κ1) is 8.63. The Kier molecular flexibility index (Phi) is 2.38. The number of carbonyl (C=O) groups is 1. The summed E-state index contributed by atoms with van der Waals surface area (Å²) in [4.78, 5) is 10.9. The van der Waals surface area contributed by atoms with E-state index in [-0.39, 0.29) is 5.78 Å². The third-order valence-corrected chi connectivity index (χ3v) is 1.12. The fourth-order valence-electron chi connectivity index (χ4n) is 0.627. The molecule has 0 saturated heterocycles. The van der Waals surface area contributed by atoms with Crippen molar-refractivity contribution in [2.75, 3.05) is 0 Å². The monoisotopic (exact) mass is 130 g/mol. The average Bonchev–Trinajstić information content (AvgIpc) is 1.62. The first-order valence-corrected chi connectivity index (χ1v) is 3.08. The molecule has 0 bridgehead atoms. The number of hydrogen-bond acceptors (Lipinski definition) is 2. The predicted molar refractivity (Wildman–Crippen MR) is 36.1 cm³/mol. The molecule has 0 amide bonds. The summed E-state index contributed by atoms with van der Waals surface area (Å²) >= 11 is 0. The first-order chi connectivity index (χ1) is 3.85. The van der Waals surface area contributed by atoms with Crippen molar-refractivity contribution in [3.63, 3.8) is 0 Å². The molecule has 0 rings (SSSR count). The van der Waals surface area contributed by atoms with Crippen LogP contribution in [0.1, 0.15) is 27.7 Å². The maximum absolute atomic E-state index is 10.9. The molecule has 0 spiro atoms. The van der Waals surface area contributed by atoms with E-state index in [1.54, 1.807) is 20.8 Å². The van der Waals surface area contributed by atoms with Crippen LogP contribution in [0.5, 0.6) is 0 Å². The fourth-order valence-corrected chi connectivity index (χ4v) is 0.627. The van der Waals surface area contributed by atoms with Crippen LogP contribution in [0.15, 0.2) is 0 Å². The van der Waals surface area contributed by atoms with Gasteiger partial charge in [-0.1, -0.05) is 20.8 Å². The molecule has 0 heterocycles. The molecule has 0 saturated carbocycles. The van der Waals surface area contributed by atoms with Crippen LogP contribution in [0.3, 0.4) is 0 Å². The van der Waals surface area contributed by atoms with Crippen molar-refractivity contribution < 1.29 is 9.90 Å². The van der Waals surface area contributed by atoms with Gasteiger partial charge < -0.3 is 5.11 Å². The Labute approximate surface area is 55.9 Å². The molecule has 9 heavy (non-hydrogen) atoms. The molecular weight excluding hydrogens is 116 g/mol. The van der Waals surface area contributed by atoms with E-state index in [0.29, 0.717) is 0 Å². The van der Waals surface area contributed by atoms with Gasteiger partial charge in [-0.3, -0.25) is 4.79 Å². The molecule has 0 aromatic heterocycles. The Hall–Kier alpha value is -0.370. The van der Waals surface area contributed by atoms with Crippen molar-refractivity contribution >= 4 is 5.78 Å². The lowest BCUT2D eigenvalue weighted by Crippen LogP contribution is -2.29. The molecule has 2 heteroatoms. The second-order valence-corrected chi connectivity index (χ2v) is 3.29. The minimum absolute atomic E-state index is 0.109. The Morgan fingerprint density at radius 3 is 1.78 bits per heavy atom. The molecule has 0 aliphatic rings. The molecule has 0 aromatic rings. The topological polar surface area (TPSA) is 37.3 Å². The van der Waals surface area contributed by atoms with Crippen LogP contribution >= 0.6 is 0 Å². The molecule has 0 unspecified atom stereocenters. The van der Waals surface area contributed by atoms with E-state index in [1.807, 2.05) is 0 Å². The molecule has 0 fully saturated rings. The smallest absolute Gasteiger partial charge is 0.166 e. The number of rotatable bonds is 1. The van der Waals surface area contributed by atoms with E-state index in [1.165, 1.54) is 6.92 Å². The van der Waals surface area contributed by atoms with Gasteiger partial charge in [0, 0.05) is 5.41 Å². The molecule has 0 aromatic carbocycles. The van der Waals surface area contributed by atoms with E-state index in [2.05, 4.69) is 0 Å². The minimum Gasteiger partial charge on any atom is -0.386 e. The zero-order valence-corrected chi connectivity index (χ0v) is 6.43. The number of aliphatic hydroxyl groups excluding tert-OH is 1. The van der Waals surface area contributed by atoms with Gasteiger partial charge in [0.2, 0.25) is 0 Å². The maximum Gasteiger partial charge on any atom is 0.166 e. The lowest BCUT2D eigenvalue weighted by atomic mass is 9.88. The molecule has 0 radical (unpaired) electrons. The van der Waals surface area contributed by atoms with Crippen LogP contribution in [-0.4, -0.2) is 17.0 Å². The van der Waals surface area contributed by atoms with Gasteiger partial charge >= 0.3 is 0 Å². The van der Waals surface area contributed by atoms with Crippen molar-refractivity contribution in [1.82, 2.24) is 0 Å². The van der Waals surface area contributed by atoms with Crippen LogP contribution in [0, 0.1) is 5.41 Å². The Balaban J connectivity index is 4.06. The van der Waals surface area contributed by atoms with Crippen molar-refractivity contribution in [1.29, 1.82) is 0 Å². The quantitative estimate of drug-likeness (QED) is 0.574. The largest absolute Gasteiger partial charge is 0.386 e. The fraction of sp³-hybridized carbons (Fsp3) is 0.857. The Morgan fingerprint density at radius 1 is 1.44 bits per heavy atom. The summed E-state index contributed by atoms with van der Waals surface area (Å²) in [6.45, 7) is 6.87. The number of aliphatic hydroxyl groups is 1. The summed E-state index contributed by atoms with van der Waals surface area (Å²) in [5, 5.41) is 8.81. The molecular formula is C7H14O2. The van der Waals surface area contributed by atoms with Crippen LogP contribution in [0.25, 0.3) is 0 Å². The molecule has 54 valence electrons. The third-order valence-electron chi connectivity index (χ3n) is 1.12. The molecule has 2 nitrogen and oxygen atoms in total. The summed E-state index contributed by atoms with van der Waals surface area (Å²) in [6.07, 6.45) is -0.829. The SMILES string of the molecule is C[C@H](O)C(=O)C(C)(C)C. The normalized spacial score (nSPS) is 15.2. The molecule has 0 aliphatic heterocycles. The second-order valence-electron chi connectivity index (χ2n) is 3.29. The number of Topliss-reactive ketones (excluding diaryl/α,β-unsaturated/α-hetero) is 1. The third kappa shape index (κ3) is 2.61. The van der Waals surface area contributed by atoms with Crippen molar-refractivity contribution in [2.45, 2.75) is 33.8 Å². The summed E-state index contributed by atoms with van der Waals surface area (Å²) in [5.74, 6) is -0.109. The lowest BCUT2D eigenvalue weighted by Gasteiger charge is -2.17. The van der Waals surface area contributed by atoms with Gasteiger partial charge in [0.25, 0.3) is 0 Å². The Bertz CT molecular complexity index is 109. The van der Waals surface area contributed by atoms with Gasteiger partial charge in [0.15, 0.2) is 5.78 Å². The Morgan fingerprint density at radius 2 is 1.78 bits per heavy atom. The number of ketones is 1. The number of hydrogen-bond donors (Lipinski definition) is 1. The summed E-state index contributed by atoms with van der Waals surface area (Å²) in [7, 11) is 0. The van der Waals surface area contributed by atoms with Gasteiger partial charge in [0.1, 0.15) is 6.10 Å². The summed E-state index contributed by atoms with van der Waals surface area (Å²) in [5.41, 5.74) is -0.409. The zero-order chi connectivity index (χ0) is 7.65. The highest BCUT2D eigenvalue weighted by Gasteiger charge is 2.24. The highest BCUT2D eigenvalue weighted by molar-refractivity contribution is 5.87. The van der Waals surface area contributed by atoms with Crippen LogP contribution in [0.2, 0.25) is 0 Å². The highest BCUT2D eigenvalue weighted by atomic mass is 16.3. The van der Waals surface area contributed by atoms with E-state index >= 15 is 0 Å². The predicted octanol–water partition coefficient (Wildman–Crippen LogP) is 0.982. The van der Waals surface area contributed by atoms with Crippen molar-refractivity contribution in [2.24, 2.45) is 5.41 Å². The van der Waals surface area contributed by atoms with E-state index in [4.69, 9.17) is 5.11 Å². The standard InChI is InChI=1S/C7H14O2/c1-5(8)6(9)7(2,3)4/h5,8H,1-4H3/t5-/m0/s1. The second kappa shape index (κ2) is 2.48. The van der Waals surface area contributed by atoms with E-state index in [0.717, 1.165) is 0 Å². The van der Waals surface area contributed by atoms with Gasteiger partial charge in [-0.05, 0) is 6.92 Å². The minimum atomic E-state index is -0.829. The maximum atomic E-state index is 10.9.